The van der Waals surface area contributed by atoms with Gasteiger partial charge in [-0.1, -0.05) is 30.3 Å². The van der Waals surface area contributed by atoms with E-state index in [1.54, 1.807) is 6.26 Å². The lowest BCUT2D eigenvalue weighted by Gasteiger charge is -2.24. The molecule has 2 unspecified atom stereocenters. The van der Waals surface area contributed by atoms with Gasteiger partial charge >= 0.3 is 0 Å². The fraction of sp³-hybridized carbons (Fsp3) is 0.375. The van der Waals surface area contributed by atoms with Gasteiger partial charge in [-0.25, -0.2) is 0 Å². The van der Waals surface area contributed by atoms with Crippen LogP contribution in [0.2, 0.25) is 0 Å². The highest BCUT2D eigenvalue weighted by atomic mass is 16.3. The van der Waals surface area contributed by atoms with Gasteiger partial charge in [-0.2, -0.15) is 0 Å². The van der Waals surface area contributed by atoms with Crippen LogP contribution in [0.15, 0.2) is 53.1 Å². The van der Waals surface area contributed by atoms with Crippen molar-refractivity contribution in [2.24, 2.45) is 0 Å². The van der Waals surface area contributed by atoms with Crippen molar-refractivity contribution >= 4 is 0 Å². The van der Waals surface area contributed by atoms with Crippen LogP contribution >= 0.6 is 0 Å². The van der Waals surface area contributed by atoms with E-state index in [1.165, 1.54) is 5.56 Å². The first-order valence-corrected chi connectivity index (χ1v) is 6.66. The van der Waals surface area contributed by atoms with Gasteiger partial charge in [0.1, 0.15) is 5.76 Å². The lowest BCUT2D eigenvalue weighted by atomic mass is 10.0. The SMILES string of the molecule is CC(CN(C)C)NC(c1ccccc1)c1ccco1. The summed E-state index contributed by atoms with van der Waals surface area (Å²) < 4.78 is 5.58. The number of rotatable bonds is 6. The molecule has 3 heteroatoms. The Hall–Kier alpha value is -1.58. The summed E-state index contributed by atoms with van der Waals surface area (Å²) in [5, 5.41) is 3.63. The van der Waals surface area contributed by atoms with Crippen LogP contribution in [0, 0.1) is 0 Å². The van der Waals surface area contributed by atoms with Crippen LogP contribution in [0.1, 0.15) is 24.3 Å². The Kier molecular flexibility index (Phi) is 4.77. The number of hydrogen-bond acceptors (Lipinski definition) is 3. The van der Waals surface area contributed by atoms with Gasteiger partial charge in [-0.05, 0) is 38.7 Å². The molecule has 0 bridgehead atoms. The third kappa shape index (κ3) is 3.94. The molecule has 3 nitrogen and oxygen atoms in total. The summed E-state index contributed by atoms with van der Waals surface area (Å²) in [6, 6.07) is 14.8. The molecule has 2 aromatic rings. The van der Waals surface area contributed by atoms with Crippen molar-refractivity contribution in [3.8, 4) is 0 Å². The Morgan fingerprint density at radius 1 is 1.11 bits per heavy atom. The summed E-state index contributed by atoms with van der Waals surface area (Å²) in [5.74, 6) is 0.955. The Morgan fingerprint density at radius 3 is 2.42 bits per heavy atom. The average Bonchev–Trinajstić information content (AvgIpc) is 2.90. The molecule has 19 heavy (non-hydrogen) atoms. The third-order valence-electron chi connectivity index (χ3n) is 3.05. The van der Waals surface area contributed by atoms with Crippen molar-refractivity contribution in [1.29, 1.82) is 0 Å². The van der Waals surface area contributed by atoms with Crippen molar-refractivity contribution in [3.63, 3.8) is 0 Å². The monoisotopic (exact) mass is 258 g/mol. The van der Waals surface area contributed by atoms with Gasteiger partial charge in [0.05, 0.1) is 12.3 Å². The number of likely N-dealkylation sites (N-methyl/N-ethyl adjacent to an activating group) is 1. The molecule has 1 heterocycles. The number of furan rings is 1. The standard InChI is InChI=1S/C16H22N2O/c1-13(12-18(2)3)17-16(15-10-7-11-19-15)14-8-5-4-6-9-14/h4-11,13,16-17H,12H2,1-3H3. The molecule has 0 saturated heterocycles. The molecule has 0 amide bonds. The molecular weight excluding hydrogens is 236 g/mol. The Bertz CT molecular complexity index is 465. The lowest BCUT2D eigenvalue weighted by molar-refractivity contribution is 0.326. The average molecular weight is 258 g/mol. The van der Waals surface area contributed by atoms with Crippen LogP contribution in [-0.2, 0) is 0 Å². The van der Waals surface area contributed by atoms with Gasteiger partial charge in [0.15, 0.2) is 0 Å². The third-order valence-corrected chi connectivity index (χ3v) is 3.05. The van der Waals surface area contributed by atoms with Crippen molar-refractivity contribution in [2.45, 2.75) is 19.0 Å². The highest BCUT2D eigenvalue weighted by Gasteiger charge is 2.18. The van der Waals surface area contributed by atoms with Crippen LogP contribution in [0.25, 0.3) is 0 Å². The summed E-state index contributed by atoms with van der Waals surface area (Å²) in [4.78, 5) is 2.18. The first-order valence-electron chi connectivity index (χ1n) is 6.66. The van der Waals surface area contributed by atoms with E-state index in [9.17, 15) is 0 Å². The topological polar surface area (TPSA) is 28.4 Å². The number of nitrogens with zero attached hydrogens (tertiary/aromatic N) is 1. The maximum Gasteiger partial charge on any atom is 0.125 e. The van der Waals surface area contributed by atoms with Crippen LogP contribution in [0.3, 0.4) is 0 Å². The van der Waals surface area contributed by atoms with Gasteiger partial charge in [-0.15, -0.1) is 0 Å². The van der Waals surface area contributed by atoms with E-state index in [0.717, 1.165) is 12.3 Å². The maximum absolute atomic E-state index is 5.58. The van der Waals surface area contributed by atoms with Gasteiger partial charge in [0.2, 0.25) is 0 Å². The van der Waals surface area contributed by atoms with Gasteiger partial charge in [-0.3, -0.25) is 5.32 Å². The number of nitrogens with one attached hydrogen (secondary N) is 1. The molecule has 0 fully saturated rings. The second-order valence-corrected chi connectivity index (χ2v) is 5.19. The van der Waals surface area contributed by atoms with E-state index >= 15 is 0 Å². The van der Waals surface area contributed by atoms with Crippen LogP contribution in [0.5, 0.6) is 0 Å². The fourth-order valence-corrected chi connectivity index (χ4v) is 2.33. The first kappa shape index (κ1) is 13.8. The van der Waals surface area contributed by atoms with E-state index in [1.807, 2.05) is 18.2 Å². The van der Waals surface area contributed by atoms with Crippen molar-refractivity contribution in [2.75, 3.05) is 20.6 Å². The summed E-state index contributed by atoms with van der Waals surface area (Å²) in [7, 11) is 4.17. The lowest BCUT2D eigenvalue weighted by Crippen LogP contribution is -2.38. The van der Waals surface area contributed by atoms with Crippen LogP contribution in [0.4, 0.5) is 0 Å². The highest BCUT2D eigenvalue weighted by molar-refractivity contribution is 5.26. The molecule has 0 aliphatic rings. The van der Waals surface area contributed by atoms with Crippen LogP contribution in [-0.4, -0.2) is 31.6 Å². The summed E-state index contributed by atoms with van der Waals surface area (Å²) in [6.07, 6.45) is 1.73. The minimum atomic E-state index is 0.103. The molecular formula is C16H22N2O. The van der Waals surface area contributed by atoms with E-state index in [-0.39, 0.29) is 6.04 Å². The van der Waals surface area contributed by atoms with E-state index in [2.05, 4.69) is 55.5 Å². The minimum absolute atomic E-state index is 0.103. The largest absolute Gasteiger partial charge is 0.467 e. The summed E-state index contributed by atoms with van der Waals surface area (Å²) in [5.41, 5.74) is 1.23. The van der Waals surface area contributed by atoms with E-state index < -0.39 is 0 Å². The molecule has 0 saturated carbocycles. The molecule has 1 N–H and O–H groups in total. The van der Waals surface area contributed by atoms with Crippen LogP contribution < -0.4 is 5.32 Å². The van der Waals surface area contributed by atoms with Crippen molar-refractivity contribution in [1.82, 2.24) is 10.2 Å². The smallest absolute Gasteiger partial charge is 0.125 e. The van der Waals surface area contributed by atoms with E-state index in [0.29, 0.717) is 6.04 Å². The fourth-order valence-electron chi connectivity index (χ4n) is 2.33. The predicted octanol–water partition coefficient (Wildman–Crippen LogP) is 2.91. The Labute approximate surface area is 115 Å². The second kappa shape index (κ2) is 6.55. The summed E-state index contributed by atoms with van der Waals surface area (Å²) >= 11 is 0. The quantitative estimate of drug-likeness (QED) is 0.863. The molecule has 0 aliphatic heterocycles. The zero-order chi connectivity index (χ0) is 13.7. The van der Waals surface area contributed by atoms with E-state index in [4.69, 9.17) is 4.42 Å². The summed E-state index contributed by atoms with van der Waals surface area (Å²) in [6.45, 7) is 3.18. The van der Waals surface area contributed by atoms with Gasteiger partial charge in [0.25, 0.3) is 0 Å². The molecule has 0 radical (unpaired) electrons. The number of hydrogen-bond donors (Lipinski definition) is 1. The predicted molar refractivity (Wildman–Crippen MR) is 78.1 cm³/mol. The van der Waals surface area contributed by atoms with Gasteiger partial charge < -0.3 is 9.32 Å². The zero-order valence-electron chi connectivity index (χ0n) is 11.8. The van der Waals surface area contributed by atoms with Gasteiger partial charge in [0, 0.05) is 12.6 Å². The maximum atomic E-state index is 5.58. The molecule has 0 spiro atoms. The van der Waals surface area contributed by atoms with Crippen molar-refractivity contribution < 1.29 is 4.42 Å². The molecule has 2 rings (SSSR count). The minimum Gasteiger partial charge on any atom is -0.467 e. The highest BCUT2D eigenvalue weighted by Crippen LogP contribution is 2.22. The first-order chi connectivity index (χ1) is 9.16. The second-order valence-electron chi connectivity index (χ2n) is 5.19. The Morgan fingerprint density at radius 2 is 1.84 bits per heavy atom. The molecule has 1 aromatic carbocycles. The zero-order valence-corrected chi connectivity index (χ0v) is 11.8. The normalized spacial score (nSPS) is 14.5. The molecule has 0 aliphatic carbocycles. The molecule has 102 valence electrons. The van der Waals surface area contributed by atoms with Crippen molar-refractivity contribution in [3.05, 3.63) is 60.1 Å². The number of benzene rings is 1. The molecule has 2 atom stereocenters. The Balaban J connectivity index is 2.16. The molecule has 1 aromatic heterocycles.